The minimum Gasteiger partial charge on any atom is -0.756 e. The van der Waals surface area contributed by atoms with Gasteiger partial charge in [0.05, 0.1) is 27.7 Å². The first-order valence-electron chi connectivity index (χ1n) is 39.7. The Morgan fingerprint density at radius 1 is 0.304 bits per heavy atom. The number of nitrogens with zero attached hydrogens (tertiary/aromatic N) is 1. The van der Waals surface area contributed by atoms with E-state index in [1.807, 2.05) is 21.1 Å². The lowest BCUT2D eigenvalue weighted by Crippen LogP contribution is -2.37. The van der Waals surface area contributed by atoms with Gasteiger partial charge in [0.25, 0.3) is 7.82 Å². The van der Waals surface area contributed by atoms with Crippen molar-refractivity contribution in [2.75, 3.05) is 47.5 Å². The van der Waals surface area contributed by atoms with Gasteiger partial charge in [-0.25, -0.2) is 0 Å². The van der Waals surface area contributed by atoms with E-state index in [1.165, 1.54) is 51.4 Å². The van der Waals surface area contributed by atoms with E-state index in [1.54, 1.807) is 0 Å². The van der Waals surface area contributed by atoms with Gasteiger partial charge in [-0.15, -0.1) is 0 Å². The molecule has 0 aliphatic carbocycles. The molecule has 0 saturated carbocycles. The molecular weight excluding hydrogens is 1280 g/mol. The highest BCUT2D eigenvalue weighted by atomic mass is 31.2. The molecule has 2 unspecified atom stereocenters. The molecule has 2 atom stereocenters. The average Bonchev–Trinajstić information content (AvgIpc) is 0.916. The summed E-state index contributed by atoms with van der Waals surface area (Å²) in [6.45, 7) is 3.95. The number of phosphoric acid groups is 1. The van der Waals surface area contributed by atoms with Crippen LogP contribution in [0.3, 0.4) is 0 Å². The molecule has 0 aromatic heterocycles. The van der Waals surface area contributed by atoms with E-state index in [4.69, 9.17) is 18.5 Å². The lowest BCUT2D eigenvalue weighted by Gasteiger charge is -2.28. The Balaban J connectivity index is 4.15. The van der Waals surface area contributed by atoms with Gasteiger partial charge >= 0.3 is 11.9 Å². The Hall–Kier alpha value is -6.19. The van der Waals surface area contributed by atoms with E-state index in [9.17, 15) is 19.0 Å². The minimum atomic E-state index is -4.67. The number of hydrogen-bond donors (Lipinski definition) is 0. The SMILES string of the molecule is CC/C=C\C/C=C\C/C=C\C/C=C\C/C=C\C/C=C\C/C=C\C/C=C\C/C=C\C/C=C\C/C=C\C/C=C\CCCCCCC(=O)OC(COC(=O)CCCCCCCCCCCCCC/C=C\C/C=C\C/C=C\C/C=C\C/C=C\C/C=C\C/C=C\C/C=C\CC)COP(=O)([O-])OCC[N+](C)(C)C. The Morgan fingerprint density at radius 3 is 0.784 bits per heavy atom. The van der Waals surface area contributed by atoms with Gasteiger partial charge in [0.1, 0.15) is 19.8 Å². The van der Waals surface area contributed by atoms with Crippen LogP contribution in [-0.4, -0.2) is 70.0 Å². The number of likely N-dealkylation sites (N-methyl/N-ethyl adjacent to an activating group) is 1. The second-order valence-corrected chi connectivity index (χ2v) is 28.0. The van der Waals surface area contributed by atoms with Crippen molar-refractivity contribution in [1.82, 2.24) is 0 Å². The van der Waals surface area contributed by atoms with E-state index in [2.05, 4.69) is 257 Å². The highest BCUT2D eigenvalue weighted by Crippen LogP contribution is 2.38. The number of quaternary nitrogens is 1. The quantitative estimate of drug-likeness (QED) is 0.0195. The minimum absolute atomic E-state index is 0.0490. The molecule has 0 spiro atoms. The van der Waals surface area contributed by atoms with Crippen molar-refractivity contribution in [1.29, 1.82) is 0 Å². The van der Waals surface area contributed by atoms with E-state index >= 15 is 0 Å². The third kappa shape index (κ3) is 82.8. The van der Waals surface area contributed by atoms with E-state index in [0.717, 1.165) is 180 Å². The highest BCUT2D eigenvalue weighted by Gasteiger charge is 2.22. The van der Waals surface area contributed by atoms with Crippen molar-refractivity contribution in [3.63, 3.8) is 0 Å². The number of esters is 2. The van der Waals surface area contributed by atoms with Crippen molar-refractivity contribution < 1.29 is 42.1 Å². The fourth-order valence-corrected chi connectivity index (χ4v) is 10.6. The molecule has 102 heavy (non-hydrogen) atoms. The molecule has 0 aliphatic heterocycles. The number of allylic oxidation sites excluding steroid dienone is 40. The first-order chi connectivity index (χ1) is 50.0. The van der Waals surface area contributed by atoms with Gasteiger partial charge in [-0.1, -0.05) is 334 Å². The molecule has 0 rings (SSSR count). The molecule has 0 bridgehead atoms. The van der Waals surface area contributed by atoms with Crippen LogP contribution in [0.15, 0.2) is 243 Å². The molecule has 0 aliphatic rings. The molecule has 570 valence electrons. The highest BCUT2D eigenvalue weighted by molar-refractivity contribution is 7.45. The number of carbonyl (C=O) groups is 2. The number of phosphoric ester groups is 1. The Bertz CT molecular complexity index is 2630. The zero-order valence-electron chi connectivity index (χ0n) is 64.9. The van der Waals surface area contributed by atoms with Crippen molar-refractivity contribution in [2.45, 2.75) is 277 Å². The second-order valence-electron chi connectivity index (χ2n) is 26.6. The summed E-state index contributed by atoms with van der Waals surface area (Å²) in [4.78, 5) is 38.2. The van der Waals surface area contributed by atoms with Crippen LogP contribution in [0.4, 0.5) is 0 Å². The third-order valence-corrected chi connectivity index (χ3v) is 16.8. The zero-order chi connectivity index (χ0) is 74.0. The second kappa shape index (κ2) is 78.9. The summed E-state index contributed by atoms with van der Waals surface area (Å²) in [5.74, 6) is -0.880. The first-order valence-corrected chi connectivity index (χ1v) is 41.2. The number of carbonyl (C=O) groups excluding carboxylic acids is 2. The summed E-state index contributed by atoms with van der Waals surface area (Å²) >= 11 is 0. The van der Waals surface area contributed by atoms with Gasteiger partial charge in [0, 0.05) is 12.8 Å². The smallest absolute Gasteiger partial charge is 0.306 e. The fraction of sp³-hybridized carbons (Fsp3) is 0.543. The standard InChI is InChI=1S/C92H144NO8P/c1-6-8-10-12-14-16-18-20-22-24-26-28-30-32-34-36-38-40-42-44-45-46-47-49-51-53-55-57-59-61-63-65-67-69-71-73-75-77-79-81-83-85-92(95)101-90(89-100-102(96,97)99-87-86-93(3,4)5)88-98-91(94)84-82-80-78-76-74-72-70-68-66-64-62-60-58-56-54-52-50-48-43-41-39-37-35-33-31-29-27-25-23-21-19-17-15-13-11-9-7-2/h8-11,14-17,20-23,26-29,32-35,38-41,44-45,47-50,53-56,59,61,65,67,71,73,90H,6-7,12-13,18-19,24-25,30-31,36-37,42-43,46,51-52,57-58,60,62-64,66,68-70,72,74-89H2,1-5H3/b10-8-,11-9-,16-14-,17-15-,22-20-,23-21-,28-26-,29-27-,34-32-,35-33-,40-38-,41-39-,45-44-,49-47-,50-48-,55-53-,56-54-,61-59-,67-65-,73-71-. The van der Waals surface area contributed by atoms with Crippen molar-refractivity contribution in [3.8, 4) is 0 Å². The Morgan fingerprint density at radius 2 is 0.529 bits per heavy atom. The van der Waals surface area contributed by atoms with Crippen molar-refractivity contribution in [3.05, 3.63) is 243 Å². The largest absolute Gasteiger partial charge is 0.756 e. The number of ether oxygens (including phenoxy) is 2. The molecule has 0 N–H and O–H groups in total. The van der Waals surface area contributed by atoms with Gasteiger partial charge in [-0.05, 0) is 167 Å². The van der Waals surface area contributed by atoms with Crippen LogP contribution < -0.4 is 4.89 Å². The molecule has 0 aromatic rings. The van der Waals surface area contributed by atoms with Crippen LogP contribution in [0.1, 0.15) is 271 Å². The molecule has 9 nitrogen and oxygen atoms in total. The van der Waals surface area contributed by atoms with Gasteiger partial charge in [0.15, 0.2) is 6.10 Å². The summed E-state index contributed by atoms with van der Waals surface area (Å²) in [6, 6.07) is 0. The maximum absolute atomic E-state index is 12.9. The molecule has 0 radical (unpaired) electrons. The summed E-state index contributed by atoms with van der Waals surface area (Å²) in [5, 5.41) is 0. The molecule has 10 heteroatoms. The van der Waals surface area contributed by atoms with Gasteiger partial charge < -0.3 is 27.9 Å². The van der Waals surface area contributed by atoms with Crippen molar-refractivity contribution in [2.24, 2.45) is 0 Å². The predicted molar refractivity (Wildman–Crippen MR) is 442 cm³/mol. The molecule has 0 amide bonds. The van der Waals surface area contributed by atoms with Gasteiger partial charge in [-0.2, -0.15) is 0 Å². The van der Waals surface area contributed by atoms with E-state index in [0.29, 0.717) is 23.9 Å². The molecule has 0 aromatic carbocycles. The van der Waals surface area contributed by atoms with Gasteiger partial charge in [-0.3, -0.25) is 14.2 Å². The van der Waals surface area contributed by atoms with Crippen LogP contribution in [0.25, 0.3) is 0 Å². The van der Waals surface area contributed by atoms with Gasteiger partial charge in [0.2, 0.25) is 0 Å². The van der Waals surface area contributed by atoms with E-state index < -0.39 is 32.5 Å². The summed E-state index contributed by atoms with van der Waals surface area (Å²) in [5.41, 5.74) is 0. The molecule has 0 heterocycles. The maximum atomic E-state index is 12.9. The molecule has 0 saturated heterocycles. The molecule has 0 fully saturated rings. The van der Waals surface area contributed by atoms with Crippen LogP contribution in [0.5, 0.6) is 0 Å². The monoisotopic (exact) mass is 1420 g/mol. The first kappa shape index (κ1) is 95.8. The van der Waals surface area contributed by atoms with Crippen LogP contribution in [0.2, 0.25) is 0 Å². The predicted octanol–water partition coefficient (Wildman–Crippen LogP) is 26.4. The number of rotatable bonds is 70. The maximum Gasteiger partial charge on any atom is 0.306 e. The number of unbranched alkanes of at least 4 members (excludes halogenated alkanes) is 16. The fourth-order valence-electron chi connectivity index (χ4n) is 9.89. The number of hydrogen-bond acceptors (Lipinski definition) is 8. The lowest BCUT2D eigenvalue weighted by atomic mass is 10.0. The normalized spacial score (nSPS) is 14.4. The Labute approximate surface area is 625 Å². The zero-order valence-corrected chi connectivity index (χ0v) is 65.8. The van der Waals surface area contributed by atoms with Crippen molar-refractivity contribution >= 4 is 19.8 Å². The lowest BCUT2D eigenvalue weighted by molar-refractivity contribution is -0.870. The third-order valence-electron chi connectivity index (χ3n) is 15.9. The van der Waals surface area contributed by atoms with E-state index in [-0.39, 0.29) is 26.1 Å². The van der Waals surface area contributed by atoms with Crippen LogP contribution in [0, 0.1) is 0 Å². The molecular formula is C92H144NO8P. The van der Waals surface area contributed by atoms with Crippen LogP contribution >= 0.6 is 7.82 Å². The summed E-state index contributed by atoms with van der Waals surface area (Å²) in [7, 11) is 1.12. The topological polar surface area (TPSA) is 111 Å². The van der Waals surface area contributed by atoms with Crippen LogP contribution in [-0.2, 0) is 32.7 Å². The summed E-state index contributed by atoms with van der Waals surface area (Å²) in [6.07, 6.45) is 128. The Kier molecular flexibility index (Phi) is 74.1. The average molecular weight is 1420 g/mol. The summed E-state index contributed by atoms with van der Waals surface area (Å²) < 4.78 is 34.3.